The van der Waals surface area contributed by atoms with E-state index in [1.54, 1.807) is 0 Å². The quantitative estimate of drug-likeness (QED) is 0.632. The number of likely N-dealkylation sites (tertiary alicyclic amines) is 1. The van der Waals surface area contributed by atoms with Gasteiger partial charge < -0.3 is 18.9 Å². The first-order valence-corrected chi connectivity index (χ1v) is 12.2. The number of pyridine rings is 1. The van der Waals surface area contributed by atoms with Gasteiger partial charge in [-0.3, -0.25) is 4.98 Å². The number of rotatable bonds is 3. The van der Waals surface area contributed by atoms with E-state index in [0.29, 0.717) is 12.5 Å². The highest BCUT2D eigenvalue weighted by Crippen LogP contribution is 2.39. The van der Waals surface area contributed by atoms with Crippen molar-refractivity contribution < 1.29 is 18.8 Å². The zero-order chi connectivity index (χ0) is 23.3. The summed E-state index contributed by atoms with van der Waals surface area (Å²) in [5, 5.41) is 0. The van der Waals surface area contributed by atoms with Crippen LogP contribution in [0.3, 0.4) is 0 Å². The van der Waals surface area contributed by atoms with E-state index in [2.05, 4.69) is 39.8 Å². The van der Waals surface area contributed by atoms with Gasteiger partial charge in [0.15, 0.2) is 0 Å². The summed E-state index contributed by atoms with van der Waals surface area (Å²) in [6.07, 6.45) is 5.37. The molecule has 0 radical (unpaired) electrons. The molecule has 3 heterocycles. The molecule has 0 spiro atoms. The first-order chi connectivity index (χ1) is 14.8. The minimum Gasteiger partial charge on any atom is -0.444 e. The third-order valence-corrected chi connectivity index (χ3v) is 7.43. The fourth-order valence-electron chi connectivity index (χ4n) is 4.55. The van der Waals surface area contributed by atoms with Gasteiger partial charge in [-0.15, -0.1) is 0 Å². The number of amides is 1. The van der Waals surface area contributed by atoms with Gasteiger partial charge in [0.1, 0.15) is 5.60 Å². The van der Waals surface area contributed by atoms with Gasteiger partial charge in [-0.25, -0.2) is 4.79 Å². The summed E-state index contributed by atoms with van der Waals surface area (Å²) in [5.74, 6) is 0.708. The molecule has 3 aliphatic rings. The standard InChI is InChI=1S/C25H39BN2O4/c1-23(2,3)30-22(29)28-13-9-12-18(16-28)21-15-19(14-20(27-21)17-10-8-11-17)26-31-24(4,5)25(6,7)32-26/h14-15,17-18H,8-13,16H2,1-7H3. The van der Waals surface area contributed by atoms with Crippen molar-refractivity contribution in [1.29, 1.82) is 0 Å². The number of piperidine rings is 1. The zero-order valence-electron chi connectivity index (χ0n) is 20.9. The fourth-order valence-corrected chi connectivity index (χ4v) is 4.55. The van der Waals surface area contributed by atoms with Gasteiger partial charge in [0.25, 0.3) is 0 Å². The van der Waals surface area contributed by atoms with Crippen molar-refractivity contribution in [3.8, 4) is 0 Å². The predicted octanol–water partition coefficient (Wildman–Crippen LogP) is 4.76. The van der Waals surface area contributed by atoms with Crippen LogP contribution in [0.1, 0.15) is 104 Å². The molecule has 6 nitrogen and oxygen atoms in total. The number of carbonyl (C=O) groups is 1. The van der Waals surface area contributed by atoms with Crippen LogP contribution in [0.2, 0.25) is 0 Å². The molecule has 32 heavy (non-hydrogen) atoms. The molecule has 1 unspecified atom stereocenters. The lowest BCUT2D eigenvalue weighted by Gasteiger charge is -2.34. The maximum Gasteiger partial charge on any atom is 0.494 e. The smallest absolute Gasteiger partial charge is 0.444 e. The van der Waals surface area contributed by atoms with Crippen molar-refractivity contribution in [2.45, 2.75) is 109 Å². The topological polar surface area (TPSA) is 60.9 Å². The van der Waals surface area contributed by atoms with E-state index in [4.69, 9.17) is 19.0 Å². The number of aromatic nitrogens is 1. The van der Waals surface area contributed by atoms with E-state index >= 15 is 0 Å². The number of ether oxygens (including phenoxy) is 1. The third-order valence-electron chi connectivity index (χ3n) is 7.43. The van der Waals surface area contributed by atoms with E-state index in [1.807, 2.05) is 25.7 Å². The van der Waals surface area contributed by atoms with E-state index in [-0.39, 0.29) is 23.2 Å². The van der Waals surface area contributed by atoms with Crippen LogP contribution in [-0.2, 0) is 14.0 Å². The summed E-state index contributed by atoms with van der Waals surface area (Å²) >= 11 is 0. The van der Waals surface area contributed by atoms with Gasteiger partial charge in [-0.2, -0.15) is 0 Å². The van der Waals surface area contributed by atoms with Crippen molar-refractivity contribution >= 4 is 18.7 Å². The van der Waals surface area contributed by atoms with E-state index < -0.39 is 12.7 Å². The zero-order valence-corrected chi connectivity index (χ0v) is 20.9. The van der Waals surface area contributed by atoms with Crippen LogP contribution in [0, 0.1) is 0 Å². The van der Waals surface area contributed by atoms with E-state index in [1.165, 1.54) is 19.3 Å². The van der Waals surface area contributed by atoms with E-state index in [0.717, 1.165) is 36.2 Å². The van der Waals surface area contributed by atoms with Gasteiger partial charge in [0, 0.05) is 36.3 Å². The Hall–Kier alpha value is -1.60. The lowest BCUT2D eigenvalue weighted by atomic mass is 9.75. The van der Waals surface area contributed by atoms with Gasteiger partial charge in [-0.1, -0.05) is 6.42 Å². The summed E-state index contributed by atoms with van der Waals surface area (Å²) < 4.78 is 18.3. The minimum atomic E-state index is -0.490. The molecular formula is C25H39BN2O4. The van der Waals surface area contributed by atoms with Crippen LogP contribution in [0.4, 0.5) is 4.79 Å². The Kier molecular flexibility index (Phi) is 6.12. The molecule has 2 saturated heterocycles. The summed E-state index contributed by atoms with van der Waals surface area (Å²) in [5.41, 5.74) is 1.99. The molecule has 1 aromatic heterocycles. The summed E-state index contributed by atoms with van der Waals surface area (Å²) in [6.45, 7) is 15.4. The Balaban J connectivity index is 1.59. The molecule has 4 rings (SSSR count). The lowest BCUT2D eigenvalue weighted by molar-refractivity contribution is 0.00578. The third kappa shape index (κ3) is 4.84. The number of hydrogen-bond acceptors (Lipinski definition) is 5. The Morgan fingerprint density at radius 2 is 1.59 bits per heavy atom. The summed E-state index contributed by atoms with van der Waals surface area (Å²) in [6, 6.07) is 4.33. The molecule has 0 bridgehead atoms. The normalized spacial score (nSPS) is 25.5. The maximum atomic E-state index is 12.7. The lowest BCUT2D eigenvalue weighted by Crippen LogP contribution is -2.43. The number of carbonyl (C=O) groups excluding carboxylic acids is 1. The first-order valence-electron chi connectivity index (χ1n) is 12.2. The van der Waals surface area contributed by atoms with Gasteiger partial charge in [-0.05, 0) is 91.7 Å². The van der Waals surface area contributed by atoms with Crippen LogP contribution >= 0.6 is 0 Å². The van der Waals surface area contributed by atoms with Gasteiger partial charge >= 0.3 is 13.2 Å². The molecule has 1 aromatic rings. The Labute approximate surface area is 193 Å². The van der Waals surface area contributed by atoms with Crippen molar-refractivity contribution in [3.63, 3.8) is 0 Å². The molecular weight excluding hydrogens is 403 g/mol. The highest BCUT2D eigenvalue weighted by atomic mass is 16.7. The molecule has 1 saturated carbocycles. The number of hydrogen-bond donors (Lipinski definition) is 0. The highest BCUT2D eigenvalue weighted by molar-refractivity contribution is 6.62. The van der Waals surface area contributed by atoms with Crippen LogP contribution in [-0.4, -0.2) is 53.0 Å². The second-order valence-corrected chi connectivity index (χ2v) is 11.7. The van der Waals surface area contributed by atoms with Gasteiger partial charge in [0.2, 0.25) is 0 Å². The van der Waals surface area contributed by atoms with E-state index in [9.17, 15) is 4.79 Å². The number of nitrogens with zero attached hydrogens (tertiary/aromatic N) is 2. The SMILES string of the molecule is CC(C)(C)OC(=O)N1CCCC(c2cc(B3OC(C)(C)C(C)(C)O3)cc(C3CCC3)n2)C1. The van der Waals surface area contributed by atoms with Crippen LogP contribution in [0.15, 0.2) is 12.1 Å². The first kappa shape index (κ1) is 23.6. The molecule has 1 amide bonds. The second kappa shape index (κ2) is 8.32. The van der Waals surface area contributed by atoms with Crippen molar-refractivity contribution in [2.75, 3.05) is 13.1 Å². The predicted molar refractivity (Wildman–Crippen MR) is 126 cm³/mol. The molecule has 2 aliphatic heterocycles. The molecule has 0 N–H and O–H groups in total. The average Bonchev–Trinajstić information content (AvgIpc) is 2.86. The Morgan fingerprint density at radius 1 is 1.03 bits per heavy atom. The highest BCUT2D eigenvalue weighted by Gasteiger charge is 2.52. The molecule has 1 aliphatic carbocycles. The second-order valence-electron chi connectivity index (χ2n) is 11.7. The molecule has 1 atom stereocenters. The Morgan fingerprint density at radius 3 is 2.12 bits per heavy atom. The summed E-state index contributed by atoms with van der Waals surface area (Å²) in [7, 11) is -0.397. The van der Waals surface area contributed by atoms with Crippen molar-refractivity contribution in [1.82, 2.24) is 9.88 Å². The van der Waals surface area contributed by atoms with Crippen molar-refractivity contribution in [3.05, 3.63) is 23.5 Å². The maximum absolute atomic E-state index is 12.7. The Bertz CT molecular complexity index is 844. The monoisotopic (exact) mass is 442 g/mol. The van der Waals surface area contributed by atoms with Crippen LogP contribution < -0.4 is 5.46 Å². The average molecular weight is 442 g/mol. The molecule has 0 aromatic carbocycles. The van der Waals surface area contributed by atoms with Crippen molar-refractivity contribution in [2.24, 2.45) is 0 Å². The van der Waals surface area contributed by atoms with Gasteiger partial charge in [0.05, 0.1) is 11.2 Å². The largest absolute Gasteiger partial charge is 0.494 e. The fraction of sp³-hybridized carbons (Fsp3) is 0.760. The van der Waals surface area contributed by atoms with Crippen LogP contribution in [0.5, 0.6) is 0 Å². The molecule has 7 heteroatoms. The van der Waals surface area contributed by atoms with Crippen LogP contribution in [0.25, 0.3) is 0 Å². The minimum absolute atomic E-state index is 0.192. The molecule has 3 fully saturated rings. The molecule has 176 valence electrons. The summed E-state index contributed by atoms with van der Waals surface area (Å²) in [4.78, 5) is 19.6.